The monoisotopic (exact) mass is 244 g/mol. The highest BCUT2D eigenvalue weighted by Gasteiger charge is 2.22. The van der Waals surface area contributed by atoms with Crippen LogP contribution in [0.25, 0.3) is 0 Å². The first-order valence-electron chi connectivity index (χ1n) is 6.42. The molecule has 1 aliphatic rings. The van der Waals surface area contributed by atoms with Gasteiger partial charge in [-0.05, 0) is 38.2 Å². The average Bonchev–Trinajstić information content (AvgIpc) is 3.17. The number of amides is 2. The van der Waals surface area contributed by atoms with Gasteiger partial charge in [-0.3, -0.25) is 0 Å². The molecule has 18 heavy (non-hydrogen) atoms. The summed E-state index contributed by atoms with van der Waals surface area (Å²) in [6.07, 6.45) is 4.34. The van der Waals surface area contributed by atoms with Crippen LogP contribution in [0.15, 0.2) is 36.0 Å². The quantitative estimate of drug-likeness (QED) is 0.839. The minimum absolute atomic E-state index is 0.142. The van der Waals surface area contributed by atoms with Crippen molar-refractivity contribution in [2.24, 2.45) is 5.92 Å². The summed E-state index contributed by atoms with van der Waals surface area (Å²) >= 11 is 0. The third-order valence-corrected chi connectivity index (χ3v) is 3.19. The number of urea groups is 1. The van der Waals surface area contributed by atoms with Crippen molar-refractivity contribution in [1.29, 1.82) is 0 Å². The third-order valence-electron chi connectivity index (χ3n) is 3.19. The van der Waals surface area contributed by atoms with Gasteiger partial charge in [-0.2, -0.15) is 0 Å². The highest BCUT2D eigenvalue weighted by Crippen LogP contribution is 2.35. The zero-order valence-corrected chi connectivity index (χ0v) is 11.0. The molecular weight excluding hydrogens is 224 g/mol. The minimum Gasteiger partial charge on any atom is -0.334 e. The second-order valence-electron chi connectivity index (χ2n) is 4.98. The van der Waals surface area contributed by atoms with Gasteiger partial charge >= 0.3 is 6.03 Å². The third kappa shape index (κ3) is 3.91. The highest BCUT2D eigenvalue weighted by molar-refractivity contribution is 5.75. The summed E-state index contributed by atoms with van der Waals surface area (Å²) in [4.78, 5) is 11.6. The van der Waals surface area contributed by atoms with E-state index >= 15 is 0 Å². The normalized spacial score (nSPS) is 15.3. The smallest absolute Gasteiger partial charge is 0.319 e. The summed E-state index contributed by atoms with van der Waals surface area (Å²) in [5.74, 6) is 0.696. The second-order valence-corrected chi connectivity index (χ2v) is 4.98. The SMILES string of the molecule is C/C(=C\NC(=O)NCc1cccc(C)c1)C1CC1. The molecule has 2 rings (SSSR count). The van der Waals surface area contributed by atoms with Gasteiger partial charge in [0.25, 0.3) is 0 Å². The molecule has 0 unspecified atom stereocenters. The molecule has 1 saturated carbocycles. The average molecular weight is 244 g/mol. The molecule has 1 aromatic rings. The maximum atomic E-state index is 11.6. The van der Waals surface area contributed by atoms with Crippen LogP contribution in [0.1, 0.15) is 30.9 Å². The van der Waals surface area contributed by atoms with E-state index in [-0.39, 0.29) is 6.03 Å². The number of aryl methyl sites for hydroxylation is 1. The molecule has 0 spiro atoms. The van der Waals surface area contributed by atoms with Crippen LogP contribution in [0.2, 0.25) is 0 Å². The molecule has 2 N–H and O–H groups in total. The van der Waals surface area contributed by atoms with Gasteiger partial charge in [-0.1, -0.05) is 35.4 Å². The number of nitrogens with one attached hydrogen (secondary N) is 2. The van der Waals surface area contributed by atoms with Crippen LogP contribution >= 0.6 is 0 Å². The molecule has 3 heteroatoms. The number of allylic oxidation sites excluding steroid dienone is 1. The first kappa shape index (κ1) is 12.7. The Morgan fingerprint density at radius 2 is 2.22 bits per heavy atom. The summed E-state index contributed by atoms with van der Waals surface area (Å²) in [5, 5.41) is 5.62. The number of hydrogen-bond donors (Lipinski definition) is 2. The lowest BCUT2D eigenvalue weighted by Gasteiger charge is -2.06. The minimum atomic E-state index is -0.142. The Morgan fingerprint density at radius 3 is 2.89 bits per heavy atom. The van der Waals surface area contributed by atoms with Crippen LogP contribution in [0.4, 0.5) is 4.79 Å². The highest BCUT2D eigenvalue weighted by atomic mass is 16.2. The number of benzene rings is 1. The van der Waals surface area contributed by atoms with Crippen molar-refractivity contribution < 1.29 is 4.79 Å². The summed E-state index contributed by atoms with van der Waals surface area (Å²) in [5.41, 5.74) is 3.59. The topological polar surface area (TPSA) is 41.1 Å². The molecule has 0 aliphatic heterocycles. The van der Waals surface area contributed by atoms with Crippen LogP contribution in [0.3, 0.4) is 0 Å². The number of carbonyl (C=O) groups is 1. The molecule has 0 radical (unpaired) electrons. The molecule has 0 aromatic heterocycles. The van der Waals surface area contributed by atoms with Crippen molar-refractivity contribution in [1.82, 2.24) is 10.6 Å². The molecule has 3 nitrogen and oxygen atoms in total. The fraction of sp³-hybridized carbons (Fsp3) is 0.400. The van der Waals surface area contributed by atoms with E-state index < -0.39 is 0 Å². The van der Waals surface area contributed by atoms with E-state index in [1.807, 2.05) is 31.3 Å². The first-order chi connectivity index (χ1) is 8.65. The Kier molecular flexibility index (Phi) is 4.03. The van der Waals surface area contributed by atoms with Crippen LogP contribution in [-0.2, 0) is 6.54 Å². The summed E-state index contributed by atoms with van der Waals surface area (Å²) in [7, 11) is 0. The molecule has 1 aromatic carbocycles. The van der Waals surface area contributed by atoms with E-state index in [0.29, 0.717) is 12.5 Å². The van der Waals surface area contributed by atoms with Crippen LogP contribution < -0.4 is 10.6 Å². The van der Waals surface area contributed by atoms with E-state index in [1.165, 1.54) is 24.0 Å². The van der Waals surface area contributed by atoms with Gasteiger partial charge in [-0.15, -0.1) is 0 Å². The molecule has 2 amide bonds. The zero-order valence-electron chi connectivity index (χ0n) is 11.0. The van der Waals surface area contributed by atoms with Crippen LogP contribution in [0, 0.1) is 12.8 Å². The standard InChI is InChI=1S/C15H20N2O/c1-11-4-3-5-13(8-11)10-17-15(18)16-9-12(2)14-6-7-14/h3-5,8-9,14H,6-7,10H2,1-2H3,(H2,16,17,18)/b12-9+. The van der Waals surface area contributed by atoms with Crippen molar-refractivity contribution in [3.8, 4) is 0 Å². The fourth-order valence-corrected chi connectivity index (χ4v) is 1.89. The van der Waals surface area contributed by atoms with Crippen molar-refractivity contribution in [3.05, 3.63) is 47.2 Å². The number of rotatable bonds is 4. The van der Waals surface area contributed by atoms with Gasteiger partial charge in [0.05, 0.1) is 0 Å². The van der Waals surface area contributed by atoms with Crippen molar-refractivity contribution in [3.63, 3.8) is 0 Å². The maximum absolute atomic E-state index is 11.6. The van der Waals surface area contributed by atoms with Crippen molar-refractivity contribution in [2.45, 2.75) is 33.2 Å². The Morgan fingerprint density at radius 1 is 1.44 bits per heavy atom. The van der Waals surface area contributed by atoms with Crippen LogP contribution in [-0.4, -0.2) is 6.03 Å². The largest absolute Gasteiger partial charge is 0.334 e. The van der Waals surface area contributed by atoms with Gasteiger partial charge in [-0.25, -0.2) is 4.79 Å². The van der Waals surface area contributed by atoms with Gasteiger partial charge in [0, 0.05) is 12.7 Å². The van der Waals surface area contributed by atoms with E-state index in [1.54, 1.807) is 0 Å². The lowest BCUT2D eigenvalue weighted by Crippen LogP contribution is -2.31. The zero-order chi connectivity index (χ0) is 13.0. The lowest BCUT2D eigenvalue weighted by molar-refractivity contribution is 0.243. The predicted molar refractivity (Wildman–Crippen MR) is 73.0 cm³/mol. The number of carbonyl (C=O) groups excluding carboxylic acids is 1. The lowest BCUT2D eigenvalue weighted by atomic mass is 10.1. The predicted octanol–water partition coefficient (Wildman–Crippen LogP) is 3.11. The molecule has 1 fully saturated rings. The van der Waals surface area contributed by atoms with E-state index in [4.69, 9.17) is 0 Å². The molecule has 0 atom stereocenters. The van der Waals surface area contributed by atoms with Crippen molar-refractivity contribution in [2.75, 3.05) is 0 Å². The number of hydrogen-bond acceptors (Lipinski definition) is 1. The Labute approximate surface area is 108 Å². The molecular formula is C15H20N2O. The molecule has 96 valence electrons. The Bertz CT molecular complexity index is 461. The van der Waals surface area contributed by atoms with E-state index in [0.717, 1.165) is 5.56 Å². The molecule has 0 saturated heterocycles. The Balaban J connectivity index is 1.76. The molecule has 0 bridgehead atoms. The second kappa shape index (κ2) is 5.71. The van der Waals surface area contributed by atoms with Gasteiger partial charge in [0.2, 0.25) is 0 Å². The first-order valence-corrected chi connectivity index (χ1v) is 6.42. The Hall–Kier alpha value is -1.77. The summed E-state index contributed by atoms with van der Waals surface area (Å²) in [6, 6.07) is 7.99. The summed E-state index contributed by atoms with van der Waals surface area (Å²) in [6.45, 7) is 4.67. The summed E-state index contributed by atoms with van der Waals surface area (Å²) < 4.78 is 0. The van der Waals surface area contributed by atoms with Gasteiger partial charge < -0.3 is 10.6 Å². The van der Waals surface area contributed by atoms with E-state index in [9.17, 15) is 4.79 Å². The van der Waals surface area contributed by atoms with Crippen molar-refractivity contribution >= 4 is 6.03 Å². The van der Waals surface area contributed by atoms with Gasteiger partial charge in [0.1, 0.15) is 0 Å². The van der Waals surface area contributed by atoms with Crippen LogP contribution in [0.5, 0.6) is 0 Å². The molecule has 0 heterocycles. The van der Waals surface area contributed by atoms with E-state index in [2.05, 4.69) is 23.6 Å². The molecule has 1 aliphatic carbocycles. The van der Waals surface area contributed by atoms with Gasteiger partial charge in [0.15, 0.2) is 0 Å². The fourth-order valence-electron chi connectivity index (χ4n) is 1.89. The maximum Gasteiger partial charge on any atom is 0.319 e.